The largest absolute Gasteiger partial charge is 0.507 e. The molecule has 0 unspecified atom stereocenters. The Morgan fingerprint density at radius 3 is 1.81 bits per heavy atom. The molecule has 0 aromatic heterocycles. The molecular weight excluding hydrogens is 384 g/mol. The number of benzene rings is 3. The van der Waals surface area contributed by atoms with Gasteiger partial charge >= 0.3 is 0 Å². The number of hydrogen-bond acceptors (Lipinski definition) is 3. The van der Waals surface area contributed by atoms with E-state index in [-0.39, 0.29) is 11.5 Å². The summed E-state index contributed by atoms with van der Waals surface area (Å²) in [5, 5.41) is 21.3. The highest BCUT2D eigenvalue weighted by molar-refractivity contribution is 5.84. The molecule has 0 saturated heterocycles. The maximum Gasteiger partial charge on any atom is 0.130 e. The molecule has 0 bridgehead atoms. The molecule has 0 fully saturated rings. The lowest BCUT2D eigenvalue weighted by atomic mass is 9.91. The van der Waals surface area contributed by atoms with Crippen molar-refractivity contribution in [3.8, 4) is 39.5 Å². The first-order valence-electron chi connectivity index (χ1n) is 10.2. The number of hydrogen-bond donors (Lipinski definition) is 2. The van der Waals surface area contributed by atoms with E-state index in [2.05, 4.69) is 19.7 Å². The monoisotopic (exact) mass is 412 g/mol. The zero-order valence-electron chi connectivity index (χ0n) is 17.9. The number of aromatic hydroxyl groups is 2. The fraction of sp³-hybridized carbons (Fsp3) is 0.143. The minimum atomic E-state index is 0.164. The summed E-state index contributed by atoms with van der Waals surface area (Å²) >= 11 is 0. The number of methoxy groups -OCH3 is 1. The normalized spacial score (nSPS) is 10.5. The third kappa shape index (κ3) is 4.72. The SMILES string of the molecule is C=CCc1ccc(O)c(-c2cc(CC=C)c(OC)c(-c3cc(CC=C)ccc3O)c2)c1. The lowest BCUT2D eigenvalue weighted by Gasteiger charge is -2.18. The summed E-state index contributed by atoms with van der Waals surface area (Å²) in [7, 11) is 1.62. The molecule has 3 aromatic carbocycles. The molecule has 0 heterocycles. The van der Waals surface area contributed by atoms with Gasteiger partial charge in [0.05, 0.1) is 7.11 Å². The second-order valence-electron chi connectivity index (χ2n) is 7.40. The van der Waals surface area contributed by atoms with Crippen LogP contribution >= 0.6 is 0 Å². The minimum absolute atomic E-state index is 0.164. The Morgan fingerprint density at radius 2 is 1.26 bits per heavy atom. The van der Waals surface area contributed by atoms with E-state index in [9.17, 15) is 10.2 Å². The fourth-order valence-corrected chi connectivity index (χ4v) is 3.79. The number of rotatable bonds is 9. The van der Waals surface area contributed by atoms with Crippen molar-refractivity contribution < 1.29 is 14.9 Å². The first-order valence-corrected chi connectivity index (χ1v) is 10.2. The third-order valence-corrected chi connectivity index (χ3v) is 5.22. The summed E-state index contributed by atoms with van der Waals surface area (Å²) in [5.74, 6) is 1.03. The van der Waals surface area contributed by atoms with Crippen molar-refractivity contribution in [3.05, 3.63) is 103 Å². The molecule has 31 heavy (non-hydrogen) atoms. The molecule has 0 amide bonds. The summed E-state index contributed by atoms with van der Waals surface area (Å²) in [5.41, 5.74) is 6.00. The Balaban J connectivity index is 2.30. The average Bonchev–Trinajstić information content (AvgIpc) is 2.76. The summed E-state index contributed by atoms with van der Waals surface area (Å²) in [6.07, 6.45) is 7.47. The highest BCUT2D eigenvalue weighted by atomic mass is 16.5. The number of phenolic OH excluding ortho intramolecular Hbond substituents is 2. The number of ether oxygens (including phenoxy) is 1. The van der Waals surface area contributed by atoms with E-state index in [1.54, 1.807) is 19.2 Å². The quantitative estimate of drug-likeness (QED) is 0.388. The summed E-state index contributed by atoms with van der Waals surface area (Å²) < 4.78 is 5.77. The van der Waals surface area contributed by atoms with Crippen molar-refractivity contribution in [2.75, 3.05) is 7.11 Å². The summed E-state index contributed by atoms with van der Waals surface area (Å²) in [4.78, 5) is 0. The van der Waals surface area contributed by atoms with Crippen molar-refractivity contribution in [1.29, 1.82) is 0 Å². The smallest absolute Gasteiger partial charge is 0.130 e. The van der Waals surface area contributed by atoms with E-state index in [1.165, 1.54) is 0 Å². The van der Waals surface area contributed by atoms with Crippen LogP contribution in [0.25, 0.3) is 22.3 Å². The average molecular weight is 413 g/mol. The van der Waals surface area contributed by atoms with Crippen LogP contribution in [0.2, 0.25) is 0 Å². The van der Waals surface area contributed by atoms with Crippen molar-refractivity contribution in [2.45, 2.75) is 19.3 Å². The molecule has 158 valence electrons. The van der Waals surface area contributed by atoms with Gasteiger partial charge in [-0.05, 0) is 77.9 Å². The van der Waals surface area contributed by atoms with Gasteiger partial charge in [0, 0.05) is 16.7 Å². The molecule has 0 spiro atoms. The lowest BCUT2D eigenvalue weighted by molar-refractivity contribution is 0.412. The zero-order valence-corrected chi connectivity index (χ0v) is 17.9. The Bertz CT molecular complexity index is 1130. The van der Waals surface area contributed by atoms with Gasteiger partial charge in [-0.3, -0.25) is 0 Å². The van der Waals surface area contributed by atoms with Crippen molar-refractivity contribution >= 4 is 0 Å². The zero-order chi connectivity index (χ0) is 22.4. The van der Waals surface area contributed by atoms with Crippen LogP contribution in [0.15, 0.2) is 86.5 Å². The van der Waals surface area contributed by atoms with Crippen LogP contribution in [0.4, 0.5) is 0 Å². The summed E-state index contributed by atoms with van der Waals surface area (Å²) in [6.45, 7) is 11.5. The van der Waals surface area contributed by atoms with E-state index >= 15 is 0 Å². The molecule has 0 saturated carbocycles. The van der Waals surface area contributed by atoms with Gasteiger partial charge in [-0.2, -0.15) is 0 Å². The van der Waals surface area contributed by atoms with Crippen LogP contribution in [-0.4, -0.2) is 17.3 Å². The standard InChI is InChI=1S/C28H28O3/c1-5-8-19-11-13-26(29)23(15-19)22-17-21(10-7-3)28(31-4)25(18-22)24-16-20(9-6-2)12-14-27(24)30/h5-7,11-18,29-30H,1-3,8-10H2,4H3. The van der Waals surface area contributed by atoms with E-state index in [1.807, 2.05) is 54.6 Å². The van der Waals surface area contributed by atoms with Crippen LogP contribution in [0, 0.1) is 0 Å². The van der Waals surface area contributed by atoms with Crippen molar-refractivity contribution in [1.82, 2.24) is 0 Å². The second kappa shape index (κ2) is 9.86. The first-order chi connectivity index (χ1) is 15.0. The maximum absolute atomic E-state index is 10.7. The Hall–Kier alpha value is -3.72. The Kier molecular flexibility index (Phi) is 6.99. The van der Waals surface area contributed by atoms with Gasteiger partial charge in [0.15, 0.2) is 0 Å². The third-order valence-electron chi connectivity index (χ3n) is 5.22. The number of phenols is 2. The van der Waals surface area contributed by atoms with Gasteiger partial charge in [-0.1, -0.05) is 30.4 Å². The van der Waals surface area contributed by atoms with Crippen LogP contribution in [0.3, 0.4) is 0 Å². The predicted octanol–water partition coefficient (Wildman–Crippen LogP) is 6.63. The summed E-state index contributed by atoms with van der Waals surface area (Å²) in [6, 6.07) is 15.0. The minimum Gasteiger partial charge on any atom is -0.507 e. The molecule has 0 aliphatic heterocycles. The van der Waals surface area contributed by atoms with Crippen LogP contribution in [-0.2, 0) is 19.3 Å². The van der Waals surface area contributed by atoms with E-state index < -0.39 is 0 Å². The van der Waals surface area contributed by atoms with Crippen LogP contribution in [0.5, 0.6) is 17.2 Å². The Morgan fingerprint density at radius 1 is 0.710 bits per heavy atom. The van der Waals surface area contributed by atoms with Crippen molar-refractivity contribution in [3.63, 3.8) is 0 Å². The molecule has 0 aliphatic rings. The van der Waals surface area contributed by atoms with Gasteiger partial charge < -0.3 is 14.9 Å². The van der Waals surface area contributed by atoms with Gasteiger partial charge in [-0.15, -0.1) is 19.7 Å². The first kappa shape index (κ1) is 22.0. The molecule has 3 aromatic rings. The van der Waals surface area contributed by atoms with Crippen LogP contribution < -0.4 is 4.74 Å². The second-order valence-corrected chi connectivity index (χ2v) is 7.40. The van der Waals surface area contributed by atoms with E-state index in [0.29, 0.717) is 30.6 Å². The topological polar surface area (TPSA) is 49.7 Å². The lowest BCUT2D eigenvalue weighted by Crippen LogP contribution is -1.97. The van der Waals surface area contributed by atoms with Crippen molar-refractivity contribution in [2.24, 2.45) is 0 Å². The molecule has 3 nitrogen and oxygen atoms in total. The van der Waals surface area contributed by atoms with Gasteiger partial charge in [-0.25, -0.2) is 0 Å². The van der Waals surface area contributed by atoms with Crippen LogP contribution in [0.1, 0.15) is 16.7 Å². The molecule has 0 atom stereocenters. The molecule has 0 aliphatic carbocycles. The van der Waals surface area contributed by atoms with Gasteiger partial charge in [0.2, 0.25) is 0 Å². The molecule has 3 heteroatoms. The molecular formula is C28H28O3. The van der Waals surface area contributed by atoms with E-state index in [0.717, 1.165) is 33.4 Å². The van der Waals surface area contributed by atoms with E-state index in [4.69, 9.17) is 4.74 Å². The Labute approximate surface area is 184 Å². The fourth-order valence-electron chi connectivity index (χ4n) is 3.79. The number of allylic oxidation sites excluding steroid dienone is 3. The van der Waals surface area contributed by atoms with Gasteiger partial charge in [0.25, 0.3) is 0 Å². The molecule has 3 rings (SSSR count). The molecule has 2 N–H and O–H groups in total. The predicted molar refractivity (Wildman–Crippen MR) is 129 cm³/mol. The maximum atomic E-state index is 10.7. The van der Waals surface area contributed by atoms with Gasteiger partial charge in [0.1, 0.15) is 17.2 Å². The highest BCUT2D eigenvalue weighted by Crippen LogP contribution is 2.43. The highest BCUT2D eigenvalue weighted by Gasteiger charge is 2.18. The molecule has 0 radical (unpaired) electrons.